The summed E-state index contributed by atoms with van der Waals surface area (Å²) in [6, 6.07) is 13.9. The van der Waals surface area contributed by atoms with Gasteiger partial charge in [-0.1, -0.05) is 36.4 Å². The number of phenolic OH excluding ortho intramolecular Hbond substituents is 1. The first kappa shape index (κ1) is 24.0. The molecule has 8 heteroatoms. The van der Waals surface area contributed by atoms with Crippen LogP contribution >= 0.6 is 0 Å². The highest BCUT2D eigenvalue weighted by atomic mass is 16.5. The number of hydrogen-bond donors (Lipinski definition) is 3. The summed E-state index contributed by atoms with van der Waals surface area (Å²) in [5.41, 5.74) is 9.19. The number of amides is 1. The Hall–Kier alpha value is -3.75. The number of furan rings is 1. The zero-order valence-corrected chi connectivity index (χ0v) is 20.4. The highest BCUT2D eigenvalue weighted by molar-refractivity contribution is 5.86. The fourth-order valence-corrected chi connectivity index (χ4v) is 5.28. The number of rotatable bonds is 9. The molecule has 1 aromatic heterocycles. The predicted molar refractivity (Wildman–Crippen MR) is 134 cm³/mol. The van der Waals surface area contributed by atoms with Crippen LogP contribution in [0.15, 0.2) is 71.9 Å². The molecule has 0 bridgehead atoms. The van der Waals surface area contributed by atoms with Gasteiger partial charge in [0.15, 0.2) is 11.5 Å². The van der Waals surface area contributed by atoms with Gasteiger partial charge in [-0.2, -0.15) is 0 Å². The second-order valence-electron chi connectivity index (χ2n) is 9.11. The van der Waals surface area contributed by atoms with Gasteiger partial charge in [0.2, 0.25) is 5.91 Å². The molecule has 1 amide bonds. The molecule has 2 saturated heterocycles. The molecule has 188 valence electrons. The maximum atomic E-state index is 13.7. The van der Waals surface area contributed by atoms with Gasteiger partial charge < -0.3 is 23.9 Å². The van der Waals surface area contributed by atoms with E-state index in [-0.39, 0.29) is 29.7 Å². The number of phenols is 1. The number of hydrazine groups is 1. The van der Waals surface area contributed by atoms with E-state index >= 15 is 0 Å². The molecular formula is C28H31N3O5. The molecule has 8 nitrogen and oxygen atoms in total. The smallest absolute Gasteiger partial charge is 0.242 e. The SMILES string of the molecule is C=CCOc1ccc(C2C3C(NNC3c3cc(C)ccc3O)C(=O)N2Cc2ccco2)cc1OCC. The number of carbonyl (C=O) groups is 1. The first-order valence-corrected chi connectivity index (χ1v) is 12.2. The summed E-state index contributed by atoms with van der Waals surface area (Å²) in [5.74, 6) is 1.89. The number of likely N-dealkylation sites (tertiary alicyclic amines) is 1. The number of nitrogens with one attached hydrogen (secondary N) is 2. The fraction of sp³-hybridized carbons (Fsp3) is 0.321. The summed E-state index contributed by atoms with van der Waals surface area (Å²) >= 11 is 0. The van der Waals surface area contributed by atoms with Crippen molar-refractivity contribution in [2.75, 3.05) is 13.2 Å². The lowest BCUT2D eigenvalue weighted by molar-refractivity contribution is -0.131. The van der Waals surface area contributed by atoms with Crippen molar-refractivity contribution in [3.63, 3.8) is 0 Å². The minimum Gasteiger partial charge on any atom is -0.508 e. The van der Waals surface area contributed by atoms with E-state index in [1.807, 2.05) is 61.2 Å². The van der Waals surface area contributed by atoms with E-state index in [1.54, 1.807) is 18.4 Å². The molecule has 0 aliphatic carbocycles. The van der Waals surface area contributed by atoms with E-state index in [1.165, 1.54) is 0 Å². The van der Waals surface area contributed by atoms with Crippen molar-refractivity contribution in [1.29, 1.82) is 0 Å². The van der Waals surface area contributed by atoms with Gasteiger partial charge in [-0.3, -0.25) is 4.79 Å². The number of nitrogens with zero attached hydrogens (tertiary/aromatic N) is 1. The monoisotopic (exact) mass is 489 g/mol. The van der Waals surface area contributed by atoms with E-state index in [2.05, 4.69) is 17.4 Å². The Morgan fingerprint density at radius 2 is 1.94 bits per heavy atom. The third kappa shape index (κ3) is 4.34. The van der Waals surface area contributed by atoms with Crippen molar-refractivity contribution in [3.05, 3.63) is 89.9 Å². The van der Waals surface area contributed by atoms with Gasteiger partial charge in [-0.05, 0) is 49.7 Å². The minimum absolute atomic E-state index is 0.0338. The molecule has 2 aliphatic heterocycles. The number of aromatic hydroxyl groups is 1. The Morgan fingerprint density at radius 1 is 1.11 bits per heavy atom. The highest BCUT2D eigenvalue weighted by Crippen LogP contribution is 2.50. The average Bonchev–Trinajstić information content (AvgIpc) is 3.60. The van der Waals surface area contributed by atoms with Gasteiger partial charge >= 0.3 is 0 Å². The number of aryl methyl sites for hydroxylation is 1. The third-order valence-corrected chi connectivity index (χ3v) is 6.80. The molecule has 0 radical (unpaired) electrons. The number of fused-ring (bicyclic) bond motifs is 1. The molecule has 0 spiro atoms. The second kappa shape index (κ2) is 10.1. The van der Waals surface area contributed by atoms with Crippen LogP contribution < -0.4 is 20.3 Å². The van der Waals surface area contributed by atoms with Gasteiger partial charge in [0.05, 0.1) is 31.5 Å². The summed E-state index contributed by atoms with van der Waals surface area (Å²) in [5, 5.41) is 10.7. The molecule has 3 N–H and O–H groups in total. The summed E-state index contributed by atoms with van der Waals surface area (Å²) < 4.78 is 17.3. The maximum absolute atomic E-state index is 13.7. The van der Waals surface area contributed by atoms with Crippen molar-refractivity contribution in [3.8, 4) is 17.2 Å². The summed E-state index contributed by atoms with van der Waals surface area (Å²) in [4.78, 5) is 15.5. The molecule has 3 aromatic rings. The van der Waals surface area contributed by atoms with Gasteiger partial charge in [0, 0.05) is 11.5 Å². The molecule has 3 heterocycles. The molecule has 4 atom stereocenters. The molecule has 4 unspecified atom stereocenters. The molecular weight excluding hydrogens is 458 g/mol. The standard InChI is InChI=1S/C28H31N3O5/c1-4-12-36-22-11-9-18(15-23(22)34-5-2)27-24-25(20-14-17(3)8-10-21(20)32)29-30-26(24)28(33)31(27)16-19-7-6-13-35-19/h4,6-11,13-15,24-27,29-30,32H,1,5,12,16H2,2-3H3. The molecule has 36 heavy (non-hydrogen) atoms. The van der Waals surface area contributed by atoms with Crippen molar-refractivity contribution in [2.24, 2.45) is 5.92 Å². The molecule has 5 rings (SSSR count). The lowest BCUT2D eigenvalue weighted by atomic mass is 9.82. The third-order valence-electron chi connectivity index (χ3n) is 6.80. The van der Waals surface area contributed by atoms with Crippen molar-refractivity contribution in [2.45, 2.75) is 38.5 Å². The maximum Gasteiger partial charge on any atom is 0.242 e. The van der Waals surface area contributed by atoms with E-state index in [9.17, 15) is 9.90 Å². The molecule has 2 aromatic carbocycles. The molecule has 2 aliphatic rings. The largest absolute Gasteiger partial charge is 0.508 e. The predicted octanol–water partition coefficient (Wildman–Crippen LogP) is 4.17. The number of benzene rings is 2. The van der Waals surface area contributed by atoms with Crippen LogP contribution in [-0.2, 0) is 11.3 Å². The Morgan fingerprint density at radius 3 is 2.69 bits per heavy atom. The van der Waals surface area contributed by atoms with Crippen LogP contribution in [0, 0.1) is 12.8 Å². The van der Waals surface area contributed by atoms with Crippen LogP contribution in [0.1, 0.15) is 41.5 Å². The number of ether oxygens (including phenoxy) is 2. The van der Waals surface area contributed by atoms with E-state index in [0.717, 1.165) is 16.7 Å². The summed E-state index contributed by atoms with van der Waals surface area (Å²) in [7, 11) is 0. The normalized spacial score (nSPS) is 23.1. The van der Waals surface area contributed by atoms with E-state index in [4.69, 9.17) is 13.9 Å². The van der Waals surface area contributed by atoms with Crippen LogP contribution in [0.5, 0.6) is 17.2 Å². The fourth-order valence-electron chi connectivity index (χ4n) is 5.28. The lowest BCUT2D eigenvalue weighted by Crippen LogP contribution is -2.41. The first-order valence-electron chi connectivity index (χ1n) is 12.2. The highest BCUT2D eigenvalue weighted by Gasteiger charge is 2.56. The first-order chi connectivity index (χ1) is 17.5. The van der Waals surface area contributed by atoms with Crippen LogP contribution in [0.3, 0.4) is 0 Å². The summed E-state index contributed by atoms with van der Waals surface area (Å²) in [6.45, 7) is 8.79. The van der Waals surface area contributed by atoms with Gasteiger partial charge in [0.25, 0.3) is 0 Å². The van der Waals surface area contributed by atoms with Gasteiger partial charge in [-0.15, -0.1) is 0 Å². The van der Waals surface area contributed by atoms with Crippen LogP contribution in [0.25, 0.3) is 0 Å². The van der Waals surface area contributed by atoms with Crippen LogP contribution in [0.2, 0.25) is 0 Å². The zero-order valence-electron chi connectivity index (χ0n) is 20.4. The Bertz CT molecular complexity index is 1240. The summed E-state index contributed by atoms with van der Waals surface area (Å²) in [6.07, 6.45) is 3.29. The molecule has 2 fully saturated rings. The van der Waals surface area contributed by atoms with E-state index < -0.39 is 6.04 Å². The topological polar surface area (TPSA) is 96.2 Å². The molecule has 0 saturated carbocycles. The van der Waals surface area contributed by atoms with E-state index in [0.29, 0.717) is 37.0 Å². The van der Waals surface area contributed by atoms with Gasteiger partial charge in [-0.25, -0.2) is 10.9 Å². The second-order valence-corrected chi connectivity index (χ2v) is 9.11. The Labute approximate surface area is 210 Å². The van der Waals surface area contributed by atoms with Crippen LogP contribution in [0.4, 0.5) is 0 Å². The Balaban J connectivity index is 1.59. The van der Waals surface area contributed by atoms with Gasteiger partial charge in [0.1, 0.15) is 24.2 Å². The van der Waals surface area contributed by atoms with Crippen molar-refractivity contribution in [1.82, 2.24) is 15.8 Å². The van der Waals surface area contributed by atoms with Crippen LogP contribution in [-0.4, -0.2) is 35.2 Å². The lowest BCUT2D eigenvalue weighted by Gasteiger charge is -2.31. The quantitative estimate of drug-likeness (QED) is 0.388. The minimum atomic E-state index is -0.470. The Kier molecular flexibility index (Phi) is 6.71. The van der Waals surface area contributed by atoms with Crippen molar-refractivity contribution >= 4 is 5.91 Å². The zero-order chi connectivity index (χ0) is 25.2. The number of carbonyl (C=O) groups excluding carboxylic acids is 1. The average molecular weight is 490 g/mol. The number of hydrogen-bond acceptors (Lipinski definition) is 7. The van der Waals surface area contributed by atoms with Crippen molar-refractivity contribution < 1.29 is 23.8 Å².